The number of likely N-dealkylation sites (N-methyl/N-ethyl adjacent to an activating group) is 1. The van der Waals surface area contributed by atoms with E-state index >= 15 is 0 Å². The number of rotatable bonds is 5. The predicted octanol–water partition coefficient (Wildman–Crippen LogP) is 5.10. The summed E-state index contributed by atoms with van der Waals surface area (Å²) in [6.07, 6.45) is 0.970. The van der Waals surface area contributed by atoms with Crippen LogP contribution in [0, 0.1) is 0 Å². The molecule has 0 aliphatic heterocycles. The van der Waals surface area contributed by atoms with Crippen LogP contribution in [-0.4, -0.2) is 6.54 Å². The van der Waals surface area contributed by atoms with Crippen molar-refractivity contribution in [2.45, 2.75) is 19.4 Å². The van der Waals surface area contributed by atoms with Gasteiger partial charge in [0.15, 0.2) is 0 Å². The Labute approximate surface area is 131 Å². The lowest BCUT2D eigenvalue weighted by atomic mass is 9.99. The minimum atomic E-state index is 0.319. The van der Waals surface area contributed by atoms with E-state index in [1.165, 1.54) is 15.6 Å². The van der Waals surface area contributed by atoms with Crippen LogP contribution in [0.25, 0.3) is 0 Å². The molecule has 0 fully saturated rings. The molecule has 0 aromatic heterocycles. The topological polar surface area (TPSA) is 12.0 Å². The molecule has 2 aromatic rings. The normalized spacial score (nSPS) is 12.4. The Hall–Kier alpha value is -0.640. The summed E-state index contributed by atoms with van der Waals surface area (Å²) in [5.41, 5.74) is 2.63. The van der Waals surface area contributed by atoms with E-state index in [0.29, 0.717) is 6.04 Å². The molecule has 0 radical (unpaired) electrons. The molecule has 2 aromatic carbocycles. The number of benzene rings is 2. The lowest BCUT2D eigenvalue weighted by molar-refractivity contribution is 0.547. The van der Waals surface area contributed by atoms with Crippen LogP contribution in [0.3, 0.4) is 0 Å². The van der Waals surface area contributed by atoms with Crippen molar-refractivity contribution in [2.75, 3.05) is 6.54 Å². The largest absolute Gasteiger partial charge is 0.310 e. The number of nitrogens with one attached hydrogen (secondary N) is 1. The summed E-state index contributed by atoms with van der Waals surface area (Å²) in [5.74, 6) is 0. The standard InChI is InChI=1S/C16H17Br2N/c1-2-19-16(13-8-4-6-10-15(13)18)11-12-7-3-5-9-14(12)17/h3-10,16,19H,2,11H2,1H3. The van der Waals surface area contributed by atoms with E-state index in [1.54, 1.807) is 0 Å². The second kappa shape index (κ2) is 7.22. The first-order valence-electron chi connectivity index (χ1n) is 6.43. The highest BCUT2D eigenvalue weighted by Gasteiger charge is 2.14. The van der Waals surface area contributed by atoms with Gasteiger partial charge in [0.25, 0.3) is 0 Å². The number of hydrogen-bond acceptors (Lipinski definition) is 1. The summed E-state index contributed by atoms with van der Waals surface area (Å²) in [6.45, 7) is 3.10. The minimum Gasteiger partial charge on any atom is -0.310 e. The van der Waals surface area contributed by atoms with Crippen molar-refractivity contribution >= 4 is 31.9 Å². The summed E-state index contributed by atoms with van der Waals surface area (Å²) >= 11 is 7.27. The zero-order chi connectivity index (χ0) is 13.7. The van der Waals surface area contributed by atoms with Gasteiger partial charge in [0.2, 0.25) is 0 Å². The molecule has 100 valence electrons. The van der Waals surface area contributed by atoms with Crippen molar-refractivity contribution in [3.8, 4) is 0 Å². The molecule has 1 nitrogen and oxygen atoms in total. The first kappa shape index (κ1) is 14.8. The van der Waals surface area contributed by atoms with Gasteiger partial charge in [-0.3, -0.25) is 0 Å². The van der Waals surface area contributed by atoms with E-state index in [9.17, 15) is 0 Å². The Morgan fingerprint density at radius 3 is 2.21 bits per heavy atom. The summed E-state index contributed by atoms with van der Waals surface area (Å²) in [4.78, 5) is 0. The molecule has 0 aliphatic carbocycles. The third-order valence-electron chi connectivity index (χ3n) is 3.11. The lowest BCUT2D eigenvalue weighted by Crippen LogP contribution is -2.23. The van der Waals surface area contributed by atoms with Crippen molar-refractivity contribution in [3.63, 3.8) is 0 Å². The average molecular weight is 383 g/mol. The molecule has 2 rings (SSSR count). The van der Waals surface area contributed by atoms with E-state index in [-0.39, 0.29) is 0 Å². The van der Waals surface area contributed by atoms with Crippen molar-refractivity contribution in [3.05, 3.63) is 68.6 Å². The van der Waals surface area contributed by atoms with E-state index in [0.717, 1.165) is 17.4 Å². The summed E-state index contributed by atoms with van der Waals surface area (Å²) in [6, 6.07) is 17.1. The zero-order valence-electron chi connectivity index (χ0n) is 10.9. The summed E-state index contributed by atoms with van der Waals surface area (Å²) in [5, 5.41) is 3.56. The molecular formula is C16H17Br2N. The van der Waals surface area contributed by atoms with Crippen LogP contribution in [0.5, 0.6) is 0 Å². The molecule has 0 saturated heterocycles. The fourth-order valence-corrected chi connectivity index (χ4v) is 3.19. The van der Waals surface area contributed by atoms with Gasteiger partial charge in [0.05, 0.1) is 0 Å². The van der Waals surface area contributed by atoms with Gasteiger partial charge in [-0.2, -0.15) is 0 Å². The maximum atomic E-state index is 3.65. The van der Waals surface area contributed by atoms with Gasteiger partial charge in [-0.1, -0.05) is 75.2 Å². The first-order valence-corrected chi connectivity index (χ1v) is 8.02. The maximum absolute atomic E-state index is 3.65. The summed E-state index contributed by atoms with van der Waals surface area (Å²) in [7, 11) is 0. The third kappa shape index (κ3) is 3.91. The first-order chi connectivity index (χ1) is 9.22. The molecule has 1 unspecified atom stereocenters. The maximum Gasteiger partial charge on any atom is 0.0372 e. The van der Waals surface area contributed by atoms with Gasteiger partial charge in [0, 0.05) is 15.0 Å². The molecule has 1 atom stereocenters. The van der Waals surface area contributed by atoms with Gasteiger partial charge in [-0.25, -0.2) is 0 Å². The van der Waals surface area contributed by atoms with Crippen molar-refractivity contribution in [2.24, 2.45) is 0 Å². The van der Waals surface area contributed by atoms with Crippen molar-refractivity contribution in [1.82, 2.24) is 5.32 Å². The molecule has 0 amide bonds. The zero-order valence-corrected chi connectivity index (χ0v) is 14.0. The van der Waals surface area contributed by atoms with Crippen LogP contribution >= 0.6 is 31.9 Å². The molecular weight excluding hydrogens is 366 g/mol. The van der Waals surface area contributed by atoms with Crippen molar-refractivity contribution in [1.29, 1.82) is 0 Å². The average Bonchev–Trinajstić information content (AvgIpc) is 2.41. The third-order valence-corrected chi connectivity index (χ3v) is 4.61. The number of hydrogen-bond donors (Lipinski definition) is 1. The van der Waals surface area contributed by atoms with Crippen LogP contribution in [0.2, 0.25) is 0 Å². The Morgan fingerprint density at radius 1 is 0.947 bits per heavy atom. The SMILES string of the molecule is CCNC(Cc1ccccc1Br)c1ccccc1Br. The van der Waals surface area contributed by atoms with E-state index < -0.39 is 0 Å². The molecule has 0 saturated carbocycles. The smallest absolute Gasteiger partial charge is 0.0372 e. The van der Waals surface area contributed by atoms with E-state index in [1.807, 2.05) is 6.07 Å². The lowest BCUT2D eigenvalue weighted by Gasteiger charge is -2.20. The van der Waals surface area contributed by atoms with Crippen LogP contribution < -0.4 is 5.32 Å². The highest BCUT2D eigenvalue weighted by atomic mass is 79.9. The Bertz CT molecular complexity index is 540. The van der Waals surface area contributed by atoms with Gasteiger partial charge < -0.3 is 5.32 Å². The molecule has 0 aliphatic rings. The highest BCUT2D eigenvalue weighted by molar-refractivity contribution is 9.10. The molecule has 0 heterocycles. The second-order valence-corrected chi connectivity index (χ2v) is 6.14. The Kier molecular flexibility index (Phi) is 5.61. The van der Waals surface area contributed by atoms with E-state index in [2.05, 4.69) is 86.6 Å². The molecule has 0 bridgehead atoms. The van der Waals surface area contributed by atoms with Gasteiger partial charge in [-0.05, 0) is 36.2 Å². The number of halogens is 2. The Morgan fingerprint density at radius 2 is 1.58 bits per heavy atom. The minimum absolute atomic E-state index is 0.319. The summed E-state index contributed by atoms with van der Waals surface area (Å²) < 4.78 is 2.33. The van der Waals surface area contributed by atoms with Crippen LogP contribution in [-0.2, 0) is 6.42 Å². The monoisotopic (exact) mass is 381 g/mol. The molecule has 0 spiro atoms. The highest BCUT2D eigenvalue weighted by Crippen LogP contribution is 2.28. The predicted molar refractivity (Wildman–Crippen MR) is 88.4 cm³/mol. The van der Waals surface area contributed by atoms with E-state index in [4.69, 9.17) is 0 Å². The fraction of sp³-hybridized carbons (Fsp3) is 0.250. The fourth-order valence-electron chi connectivity index (χ4n) is 2.18. The quantitative estimate of drug-likeness (QED) is 0.757. The molecule has 3 heteroatoms. The van der Waals surface area contributed by atoms with Crippen LogP contribution in [0.1, 0.15) is 24.1 Å². The molecule has 19 heavy (non-hydrogen) atoms. The Balaban J connectivity index is 2.27. The van der Waals surface area contributed by atoms with Crippen LogP contribution in [0.15, 0.2) is 57.5 Å². The van der Waals surface area contributed by atoms with Crippen molar-refractivity contribution < 1.29 is 0 Å². The van der Waals surface area contributed by atoms with Gasteiger partial charge >= 0.3 is 0 Å². The second-order valence-electron chi connectivity index (χ2n) is 4.43. The van der Waals surface area contributed by atoms with Crippen LogP contribution in [0.4, 0.5) is 0 Å². The van der Waals surface area contributed by atoms with Gasteiger partial charge in [0.1, 0.15) is 0 Å². The van der Waals surface area contributed by atoms with Gasteiger partial charge in [-0.15, -0.1) is 0 Å². The molecule has 1 N–H and O–H groups in total.